The summed E-state index contributed by atoms with van der Waals surface area (Å²) in [5, 5.41) is 0. The van der Waals surface area contributed by atoms with Gasteiger partial charge in [0.25, 0.3) is 0 Å². The van der Waals surface area contributed by atoms with Gasteiger partial charge in [-0.2, -0.15) is 0 Å². The fourth-order valence-corrected chi connectivity index (χ4v) is 3.21. The van der Waals surface area contributed by atoms with Crippen LogP contribution >= 0.6 is 0 Å². The van der Waals surface area contributed by atoms with Crippen LogP contribution < -0.4 is 0 Å². The third-order valence-corrected chi connectivity index (χ3v) is 4.15. The van der Waals surface area contributed by atoms with E-state index in [1.54, 1.807) is 7.11 Å². The van der Waals surface area contributed by atoms with E-state index in [2.05, 4.69) is 0 Å². The van der Waals surface area contributed by atoms with Crippen LogP contribution in [0.2, 0.25) is 0 Å². The number of ketones is 1. The molecule has 1 fully saturated rings. The van der Waals surface area contributed by atoms with Crippen molar-refractivity contribution in [1.82, 2.24) is 0 Å². The van der Waals surface area contributed by atoms with Gasteiger partial charge in [0.1, 0.15) is 24.3 Å². The first-order valence-electron chi connectivity index (χ1n) is 7.73. The van der Waals surface area contributed by atoms with E-state index < -0.39 is 11.4 Å². The van der Waals surface area contributed by atoms with Crippen molar-refractivity contribution in [2.45, 2.75) is 78.0 Å². The molecule has 0 aromatic rings. The summed E-state index contributed by atoms with van der Waals surface area (Å²) in [6, 6.07) is 0. The van der Waals surface area contributed by atoms with Crippen LogP contribution in [0.25, 0.3) is 0 Å². The van der Waals surface area contributed by atoms with Crippen LogP contribution in [-0.2, 0) is 23.7 Å². The second-order valence-electron chi connectivity index (χ2n) is 6.30. The molecule has 0 radical (unpaired) electrons. The molecule has 1 aliphatic heterocycles. The SMILES string of the molecule is CCC(=O)C(C)C1OC(C)(C)OC1(C)C(CC)OCOC. The molecule has 1 saturated heterocycles. The van der Waals surface area contributed by atoms with E-state index in [0.29, 0.717) is 6.42 Å². The summed E-state index contributed by atoms with van der Waals surface area (Å²) in [4.78, 5) is 12.1. The fraction of sp³-hybridized carbons (Fsp3) is 0.938. The van der Waals surface area contributed by atoms with E-state index in [9.17, 15) is 4.79 Å². The molecule has 0 bridgehead atoms. The largest absolute Gasteiger partial charge is 0.359 e. The molecule has 0 N–H and O–H groups in total. The molecular formula is C16H30O5. The summed E-state index contributed by atoms with van der Waals surface area (Å²) < 4.78 is 23.0. The zero-order chi connectivity index (χ0) is 16.3. The molecule has 1 heterocycles. The van der Waals surface area contributed by atoms with Crippen molar-refractivity contribution in [3.8, 4) is 0 Å². The number of carbonyl (C=O) groups excluding carboxylic acids is 1. The molecule has 4 unspecified atom stereocenters. The molecule has 1 aliphatic rings. The second-order valence-corrected chi connectivity index (χ2v) is 6.30. The number of hydrogen-bond donors (Lipinski definition) is 0. The van der Waals surface area contributed by atoms with Gasteiger partial charge in [-0.1, -0.05) is 20.8 Å². The van der Waals surface area contributed by atoms with Crippen molar-refractivity contribution in [3.05, 3.63) is 0 Å². The first kappa shape index (κ1) is 18.6. The monoisotopic (exact) mass is 302 g/mol. The minimum Gasteiger partial charge on any atom is -0.359 e. The second kappa shape index (κ2) is 7.18. The van der Waals surface area contributed by atoms with Crippen LogP contribution in [0.4, 0.5) is 0 Å². The quantitative estimate of drug-likeness (QED) is 0.645. The molecule has 0 spiro atoms. The maximum atomic E-state index is 12.1. The van der Waals surface area contributed by atoms with Crippen LogP contribution in [0.15, 0.2) is 0 Å². The number of ether oxygens (including phenoxy) is 4. The van der Waals surface area contributed by atoms with E-state index in [-0.39, 0.29) is 30.7 Å². The van der Waals surface area contributed by atoms with Crippen molar-refractivity contribution < 1.29 is 23.7 Å². The Morgan fingerprint density at radius 2 is 1.90 bits per heavy atom. The summed E-state index contributed by atoms with van der Waals surface area (Å²) >= 11 is 0. The lowest BCUT2D eigenvalue weighted by Gasteiger charge is -2.38. The van der Waals surface area contributed by atoms with Gasteiger partial charge in [-0.3, -0.25) is 4.79 Å². The molecule has 4 atom stereocenters. The van der Waals surface area contributed by atoms with E-state index in [1.165, 1.54) is 0 Å². The lowest BCUT2D eigenvalue weighted by Crippen LogP contribution is -2.52. The standard InChI is InChI=1S/C16H30O5/c1-8-12(17)11(3)14-16(6,21-15(4,5)20-14)13(9-2)19-10-18-7/h11,13-14H,8-10H2,1-7H3. The highest BCUT2D eigenvalue weighted by Gasteiger charge is 2.57. The molecule has 0 aromatic heterocycles. The van der Waals surface area contributed by atoms with Crippen molar-refractivity contribution in [2.24, 2.45) is 5.92 Å². The predicted molar refractivity (Wildman–Crippen MR) is 79.9 cm³/mol. The number of hydrogen-bond acceptors (Lipinski definition) is 5. The molecule has 0 aromatic carbocycles. The van der Waals surface area contributed by atoms with Gasteiger partial charge in [0.2, 0.25) is 0 Å². The van der Waals surface area contributed by atoms with E-state index in [4.69, 9.17) is 18.9 Å². The summed E-state index contributed by atoms with van der Waals surface area (Å²) in [5.74, 6) is -0.790. The zero-order valence-electron chi connectivity index (χ0n) is 14.4. The van der Waals surface area contributed by atoms with Gasteiger partial charge in [-0.25, -0.2) is 0 Å². The van der Waals surface area contributed by atoms with Crippen LogP contribution in [0, 0.1) is 5.92 Å². The Balaban J connectivity index is 3.04. The molecule has 0 saturated carbocycles. The van der Waals surface area contributed by atoms with Gasteiger partial charge < -0.3 is 18.9 Å². The van der Waals surface area contributed by atoms with Gasteiger partial charge in [0.05, 0.1) is 6.10 Å². The molecule has 1 rings (SSSR count). The van der Waals surface area contributed by atoms with Crippen molar-refractivity contribution >= 4 is 5.78 Å². The molecule has 21 heavy (non-hydrogen) atoms. The summed E-state index contributed by atoms with van der Waals surface area (Å²) in [7, 11) is 1.59. The average Bonchev–Trinajstić information content (AvgIpc) is 2.68. The van der Waals surface area contributed by atoms with Crippen LogP contribution in [-0.4, -0.2) is 43.3 Å². The Bertz CT molecular complexity index is 355. The van der Waals surface area contributed by atoms with Gasteiger partial charge in [0.15, 0.2) is 5.79 Å². The van der Waals surface area contributed by atoms with Crippen LogP contribution in [0.1, 0.15) is 54.4 Å². The zero-order valence-corrected chi connectivity index (χ0v) is 14.4. The molecular weight excluding hydrogens is 272 g/mol. The minimum atomic E-state index is -0.731. The maximum Gasteiger partial charge on any atom is 0.164 e. The van der Waals surface area contributed by atoms with E-state index in [1.807, 2.05) is 41.5 Å². The van der Waals surface area contributed by atoms with Crippen molar-refractivity contribution in [2.75, 3.05) is 13.9 Å². The number of carbonyl (C=O) groups is 1. The third kappa shape index (κ3) is 4.03. The summed E-state index contributed by atoms with van der Waals surface area (Å²) in [5.41, 5.74) is -0.680. The first-order chi connectivity index (χ1) is 9.71. The third-order valence-electron chi connectivity index (χ3n) is 4.15. The number of rotatable bonds is 8. The minimum absolute atomic E-state index is 0.175. The smallest absolute Gasteiger partial charge is 0.164 e. The van der Waals surface area contributed by atoms with Gasteiger partial charge >= 0.3 is 0 Å². The fourth-order valence-electron chi connectivity index (χ4n) is 3.21. The summed E-state index contributed by atoms with van der Waals surface area (Å²) in [6.45, 7) is 11.7. The summed E-state index contributed by atoms with van der Waals surface area (Å²) in [6.07, 6.45) is 0.717. The number of methoxy groups -OCH3 is 1. The van der Waals surface area contributed by atoms with Crippen molar-refractivity contribution in [3.63, 3.8) is 0 Å². The number of Topliss-reactive ketones (excluding diaryl/α,β-unsaturated/α-hetero) is 1. The molecule has 5 heteroatoms. The topological polar surface area (TPSA) is 54.0 Å². The van der Waals surface area contributed by atoms with E-state index >= 15 is 0 Å². The first-order valence-corrected chi connectivity index (χ1v) is 7.73. The van der Waals surface area contributed by atoms with Gasteiger partial charge in [-0.05, 0) is 27.2 Å². The lowest BCUT2D eigenvalue weighted by molar-refractivity contribution is -0.201. The Morgan fingerprint density at radius 1 is 1.29 bits per heavy atom. The van der Waals surface area contributed by atoms with Crippen LogP contribution in [0.3, 0.4) is 0 Å². The normalized spacial score (nSPS) is 31.1. The van der Waals surface area contributed by atoms with Crippen LogP contribution in [0.5, 0.6) is 0 Å². The Kier molecular flexibility index (Phi) is 6.35. The Labute approximate surface area is 128 Å². The Morgan fingerprint density at radius 3 is 2.38 bits per heavy atom. The molecule has 5 nitrogen and oxygen atoms in total. The van der Waals surface area contributed by atoms with Gasteiger partial charge in [0, 0.05) is 19.4 Å². The van der Waals surface area contributed by atoms with Gasteiger partial charge in [-0.15, -0.1) is 0 Å². The molecule has 0 aliphatic carbocycles. The average molecular weight is 302 g/mol. The molecule has 124 valence electrons. The van der Waals surface area contributed by atoms with Crippen molar-refractivity contribution in [1.29, 1.82) is 0 Å². The maximum absolute atomic E-state index is 12.1. The Hall–Kier alpha value is -0.490. The highest BCUT2D eigenvalue weighted by atomic mass is 16.8. The van der Waals surface area contributed by atoms with E-state index in [0.717, 1.165) is 6.42 Å². The molecule has 0 amide bonds. The lowest BCUT2D eigenvalue weighted by atomic mass is 9.81. The predicted octanol–water partition coefficient (Wildman–Crippen LogP) is 2.91. The highest BCUT2D eigenvalue weighted by molar-refractivity contribution is 5.81. The highest BCUT2D eigenvalue weighted by Crippen LogP contribution is 2.43.